The van der Waals surface area contributed by atoms with Crippen LogP contribution in [0.15, 0.2) is 77.7 Å². The van der Waals surface area contributed by atoms with E-state index < -0.39 is 30.4 Å². The standard InChI is InChI=1S/C26H38O4SSi/c1-21(2)18-24(29-19-22-14-10-8-11-15-22)25(30-32(6,7)26(3,4)5)20-31(27,28)23-16-12-9-13-17-23/h8-17,24-25H,1,18-20H2,2-7H3. The molecule has 0 N–H and O–H groups in total. The number of sulfone groups is 1. The highest BCUT2D eigenvalue weighted by Crippen LogP contribution is 2.38. The van der Waals surface area contributed by atoms with Crippen molar-refractivity contribution in [3.8, 4) is 0 Å². The monoisotopic (exact) mass is 474 g/mol. The van der Waals surface area contributed by atoms with Gasteiger partial charge in [-0.3, -0.25) is 0 Å². The van der Waals surface area contributed by atoms with Crippen LogP contribution in [0.4, 0.5) is 0 Å². The minimum absolute atomic E-state index is 0.0606. The Morgan fingerprint density at radius 2 is 1.50 bits per heavy atom. The minimum atomic E-state index is -3.55. The summed E-state index contributed by atoms with van der Waals surface area (Å²) in [5.74, 6) is -0.129. The van der Waals surface area contributed by atoms with Gasteiger partial charge in [0.2, 0.25) is 0 Å². The number of ether oxygens (including phenoxy) is 1. The molecule has 2 rings (SSSR count). The van der Waals surface area contributed by atoms with Crippen molar-refractivity contribution in [3.63, 3.8) is 0 Å². The molecule has 0 aliphatic rings. The molecule has 176 valence electrons. The van der Waals surface area contributed by atoms with Crippen LogP contribution in [-0.2, 0) is 25.6 Å². The average Bonchev–Trinajstić information content (AvgIpc) is 2.70. The van der Waals surface area contributed by atoms with Crippen LogP contribution < -0.4 is 0 Å². The molecule has 0 bridgehead atoms. The van der Waals surface area contributed by atoms with Gasteiger partial charge in [0.1, 0.15) is 0 Å². The maximum absolute atomic E-state index is 13.3. The highest BCUT2D eigenvalue weighted by molar-refractivity contribution is 7.91. The van der Waals surface area contributed by atoms with E-state index in [1.165, 1.54) is 0 Å². The molecule has 2 aromatic rings. The SMILES string of the molecule is C=C(C)CC(OCc1ccccc1)C(CS(=O)(=O)c1ccccc1)O[Si](C)(C)C(C)(C)C. The van der Waals surface area contributed by atoms with Crippen molar-refractivity contribution in [2.45, 2.75) is 76.0 Å². The van der Waals surface area contributed by atoms with Crippen molar-refractivity contribution in [2.75, 3.05) is 5.75 Å². The third-order valence-corrected chi connectivity index (χ3v) is 12.3. The highest BCUT2D eigenvalue weighted by atomic mass is 32.2. The molecule has 2 aromatic carbocycles. The van der Waals surface area contributed by atoms with Gasteiger partial charge in [0.05, 0.1) is 29.5 Å². The molecule has 4 nitrogen and oxygen atoms in total. The van der Waals surface area contributed by atoms with Crippen molar-refractivity contribution < 1.29 is 17.6 Å². The maximum atomic E-state index is 13.3. The van der Waals surface area contributed by atoms with Crippen LogP contribution in [0, 0.1) is 0 Å². The zero-order chi connectivity index (χ0) is 24.0. The van der Waals surface area contributed by atoms with Gasteiger partial charge in [-0.25, -0.2) is 8.42 Å². The third-order valence-electron chi connectivity index (χ3n) is 6.01. The second kappa shape index (κ2) is 10.9. The first-order valence-electron chi connectivity index (χ1n) is 11.1. The smallest absolute Gasteiger partial charge is 0.192 e. The maximum Gasteiger partial charge on any atom is 0.192 e. The van der Waals surface area contributed by atoms with E-state index in [2.05, 4.69) is 40.4 Å². The van der Waals surface area contributed by atoms with Crippen LogP contribution in [0.3, 0.4) is 0 Å². The Morgan fingerprint density at radius 1 is 0.969 bits per heavy atom. The number of hydrogen-bond donors (Lipinski definition) is 0. The second-order valence-corrected chi connectivity index (χ2v) is 16.8. The highest BCUT2D eigenvalue weighted by Gasteiger charge is 2.42. The van der Waals surface area contributed by atoms with Gasteiger partial charge < -0.3 is 9.16 Å². The summed E-state index contributed by atoms with van der Waals surface area (Å²) in [6.07, 6.45) is -0.474. The first kappa shape index (κ1) is 26.5. The zero-order valence-electron chi connectivity index (χ0n) is 20.3. The van der Waals surface area contributed by atoms with Gasteiger partial charge in [-0.05, 0) is 49.2 Å². The van der Waals surface area contributed by atoms with E-state index in [0.29, 0.717) is 17.9 Å². The number of hydrogen-bond acceptors (Lipinski definition) is 4. The second-order valence-electron chi connectivity index (χ2n) is 10.0. The molecular weight excluding hydrogens is 436 g/mol. The van der Waals surface area contributed by atoms with E-state index in [-0.39, 0.29) is 10.8 Å². The fourth-order valence-corrected chi connectivity index (χ4v) is 6.08. The molecule has 0 saturated heterocycles. The van der Waals surface area contributed by atoms with Crippen molar-refractivity contribution in [2.24, 2.45) is 0 Å². The Bertz CT molecular complexity index is 964. The van der Waals surface area contributed by atoms with Gasteiger partial charge in [0.25, 0.3) is 0 Å². The molecule has 0 aliphatic heterocycles. The topological polar surface area (TPSA) is 52.6 Å². The zero-order valence-corrected chi connectivity index (χ0v) is 22.1. The lowest BCUT2D eigenvalue weighted by Crippen LogP contribution is -2.50. The predicted octanol–water partition coefficient (Wildman–Crippen LogP) is 6.40. The minimum Gasteiger partial charge on any atom is -0.410 e. The summed E-state index contributed by atoms with van der Waals surface area (Å²) in [7, 11) is -5.82. The number of benzene rings is 2. The molecule has 0 saturated carbocycles. The normalized spacial score (nSPS) is 14.7. The van der Waals surface area contributed by atoms with E-state index in [4.69, 9.17) is 9.16 Å². The summed E-state index contributed by atoms with van der Waals surface area (Å²) in [4.78, 5) is 0.306. The lowest BCUT2D eigenvalue weighted by molar-refractivity contribution is -0.0306. The quantitative estimate of drug-likeness (QED) is 0.279. The molecule has 0 amide bonds. The van der Waals surface area contributed by atoms with Crippen LogP contribution in [0.2, 0.25) is 18.1 Å². The molecular formula is C26H38O4SSi. The lowest BCUT2D eigenvalue weighted by Gasteiger charge is -2.41. The van der Waals surface area contributed by atoms with Crippen LogP contribution in [0.25, 0.3) is 0 Å². The Hall–Kier alpha value is -1.73. The van der Waals surface area contributed by atoms with E-state index >= 15 is 0 Å². The van der Waals surface area contributed by atoms with Crippen molar-refractivity contribution in [1.82, 2.24) is 0 Å². The van der Waals surface area contributed by atoms with Gasteiger partial charge in [-0.2, -0.15) is 0 Å². The third kappa shape index (κ3) is 7.69. The van der Waals surface area contributed by atoms with E-state index in [1.54, 1.807) is 24.3 Å². The summed E-state index contributed by atoms with van der Waals surface area (Å²) in [5, 5.41) is -0.0606. The fraction of sp³-hybridized carbons (Fsp3) is 0.462. The van der Waals surface area contributed by atoms with Crippen LogP contribution >= 0.6 is 0 Å². The molecule has 0 fully saturated rings. The van der Waals surface area contributed by atoms with Crippen molar-refractivity contribution in [1.29, 1.82) is 0 Å². The molecule has 0 spiro atoms. The average molecular weight is 475 g/mol. The van der Waals surface area contributed by atoms with Gasteiger partial charge >= 0.3 is 0 Å². The first-order chi connectivity index (χ1) is 14.8. The Balaban J connectivity index is 2.38. The predicted molar refractivity (Wildman–Crippen MR) is 135 cm³/mol. The van der Waals surface area contributed by atoms with Crippen LogP contribution in [0.1, 0.15) is 39.7 Å². The van der Waals surface area contributed by atoms with E-state index in [9.17, 15) is 8.42 Å². The molecule has 2 atom stereocenters. The van der Waals surface area contributed by atoms with Crippen molar-refractivity contribution in [3.05, 3.63) is 78.4 Å². The van der Waals surface area contributed by atoms with Crippen molar-refractivity contribution >= 4 is 18.2 Å². The van der Waals surface area contributed by atoms with Crippen LogP contribution in [0.5, 0.6) is 0 Å². The molecule has 0 radical (unpaired) electrons. The first-order valence-corrected chi connectivity index (χ1v) is 15.6. The Labute approximate surface area is 195 Å². The summed E-state index contributed by atoms with van der Waals surface area (Å²) in [6.45, 7) is 17.1. The summed E-state index contributed by atoms with van der Waals surface area (Å²) in [5.41, 5.74) is 1.97. The Kier molecular flexibility index (Phi) is 9.05. The largest absolute Gasteiger partial charge is 0.410 e. The molecule has 0 aliphatic carbocycles. The summed E-state index contributed by atoms with van der Waals surface area (Å²) < 4.78 is 39.6. The molecule has 6 heteroatoms. The molecule has 2 unspecified atom stereocenters. The van der Waals surface area contributed by atoms with Gasteiger partial charge in [0, 0.05) is 0 Å². The molecule has 0 heterocycles. The summed E-state index contributed by atoms with van der Waals surface area (Å²) in [6, 6.07) is 18.5. The summed E-state index contributed by atoms with van der Waals surface area (Å²) >= 11 is 0. The van der Waals surface area contributed by atoms with Gasteiger partial charge in [-0.1, -0.05) is 74.9 Å². The van der Waals surface area contributed by atoms with Gasteiger partial charge in [0.15, 0.2) is 18.2 Å². The van der Waals surface area contributed by atoms with E-state index in [0.717, 1.165) is 11.1 Å². The van der Waals surface area contributed by atoms with E-state index in [1.807, 2.05) is 43.3 Å². The fourth-order valence-electron chi connectivity index (χ4n) is 3.13. The van der Waals surface area contributed by atoms with Crippen LogP contribution in [-0.4, -0.2) is 34.7 Å². The number of rotatable bonds is 11. The molecule has 0 aromatic heterocycles. The Morgan fingerprint density at radius 3 is 2.00 bits per heavy atom. The molecule has 32 heavy (non-hydrogen) atoms. The lowest BCUT2D eigenvalue weighted by atomic mass is 10.1. The van der Waals surface area contributed by atoms with Gasteiger partial charge in [-0.15, -0.1) is 6.58 Å².